The van der Waals surface area contributed by atoms with E-state index in [9.17, 15) is 14.4 Å². The monoisotopic (exact) mass is 376 g/mol. The molecule has 5 nitrogen and oxygen atoms in total. The van der Waals surface area contributed by atoms with Crippen LogP contribution in [0.3, 0.4) is 0 Å². The Kier molecular flexibility index (Phi) is 5.06. The summed E-state index contributed by atoms with van der Waals surface area (Å²) in [7, 11) is 0. The van der Waals surface area contributed by atoms with E-state index in [-0.39, 0.29) is 30.7 Å². The summed E-state index contributed by atoms with van der Waals surface area (Å²) in [6, 6.07) is 11.5. The molecule has 0 saturated heterocycles. The van der Waals surface area contributed by atoms with Crippen LogP contribution >= 0.6 is 23.2 Å². The highest BCUT2D eigenvalue weighted by Crippen LogP contribution is 2.25. The molecule has 128 valence electrons. The van der Waals surface area contributed by atoms with Crippen LogP contribution in [0.5, 0.6) is 0 Å². The first kappa shape index (κ1) is 17.5. The first-order chi connectivity index (χ1) is 12.0. The van der Waals surface area contributed by atoms with Crippen molar-refractivity contribution >= 4 is 46.6 Å². The van der Waals surface area contributed by atoms with Crippen LogP contribution < -0.4 is 5.32 Å². The summed E-state index contributed by atoms with van der Waals surface area (Å²) in [5.41, 5.74) is 1.36. The number of imide groups is 1. The van der Waals surface area contributed by atoms with E-state index in [1.54, 1.807) is 42.5 Å². The van der Waals surface area contributed by atoms with Crippen molar-refractivity contribution in [3.63, 3.8) is 0 Å². The van der Waals surface area contributed by atoms with Gasteiger partial charge in [-0.3, -0.25) is 19.3 Å². The number of fused-ring (bicyclic) bond motifs is 1. The Bertz CT molecular complexity index is 832. The molecule has 3 amide bonds. The zero-order valence-electron chi connectivity index (χ0n) is 13.1. The molecule has 3 rings (SSSR count). The van der Waals surface area contributed by atoms with E-state index in [0.29, 0.717) is 33.3 Å². The molecule has 0 fully saturated rings. The molecule has 0 bridgehead atoms. The van der Waals surface area contributed by atoms with Crippen LogP contribution in [0, 0.1) is 0 Å². The van der Waals surface area contributed by atoms with Gasteiger partial charge in [0.25, 0.3) is 11.8 Å². The summed E-state index contributed by atoms with van der Waals surface area (Å²) in [6.45, 7) is 0.196. The van der Waals surface area contributed by atoms with Crippen LogP contribution in [-0.2, 0) is 4.79 Å². The number of amides is 3. The van der Waals surface area contributed by atoms with E-state index in [2.05, 4.69) is 5.32 Å². The molecule has 0 spiro atoms. The maximum absolute atomic E-state index is 12.2. The standard InChI is InChI=1S/C18H14Cl2N2O3/c19-14-8-7-11(10-15(14)20)21-16(23)6-3-9-22-17(24)12-4-1-2-5-13(12)18(22)25/h1-2,4-5,7-8,10H,3,6,9H2,(H,21,23). The van der Waals surface area contributed by atoms with Crippen LogP contribution in [0.15, 0.2) is 42.5 Å². The number of hydrogen-bond donors (Lipinski definition) is 1. The van der Waals surface area contributed by atoms with Gasteiger partial charge in [-0.25, -0.2) is 0 Å². The van der Waals surface area contributed by atoms with Gasteiger partial charge >= 0.3 is 0 Å². The van der Waals surface area contributed by atoms with Gasteiger partial charge in [0.1, 0.15) is 0 Å². The largest absolute Gasteiger partial charge is 0.326 e. The highest BCUT2D eigenvalue weighted by atomic mass is 35.5. The molecule has 1 aliphatic heterocycles. The van der Waals surface area contributed by atoms with E-state index < -0.39 is 0 Å². The quantitative estimate of drug-likeness (QED) is 0.801. The van der Waals surface area contributed by atoms with E-state index in [4.69, 9.17) is 23.2 Å². The van der Waals surface area contributed by atoms with Crippen molar-refractivity contribution in [2.24, 2.45) is 0 Å². The Morgan fingerprint density at radius 2 is 1.60 bits per heavy atom. The molecule has 1 heterocycles. The highest BCUT2D eigenvalue weighted by molar-refractivity contribution is 6.42. The maximum Gasteiger partial charge on any atom is 0.261 e. The van der Waals surface area contributed by atoms with Crippen LogP contribution in [-0.4, -0.2) is 29.2 Å². The Morgan fingerprint density at radius 1 is 0.960 bits per heavy atom. The second-order valence-corrected chi connectivity index (χ2v) is 6.40. The van der Waals surface area contributed by atoms with Gasteiger partial charge in [-0.15, -0.1) is 0 Å². The Labute approximate surface area is 154 Å². The van der Waals surface area contributed by atoms with Gasteiger partial charge in [-0.1, -0.05) is 35.3 Å². The zero-order valence-corrected chi connectivity index (χ0v) is 14.6. The minimum atomic E-state index is -0.314. The molecule has 0 unspecified atom stereocenters. The first-order valence-corrected chi connectivity index (χ1v) is 8.43. The van der Waals surface area contributed by atoms with Crippen molar-refractivity contribution in [3.05, 3.63) is 63.6 Å². The number of rotatable bonds is 5. The second-order valence-electron chi connectivity index (χ2n) is 5.59. The van der Waals surface area contributed by atoms with Gasteiger partial charge in [0, 0.05) is 18.7 Å². The molecule has 0 aliphatic carbocycles. The average molecular weight is 377 g/mol. The van der Waals surface area contributed by atoms with E-state index >= 15 is 0 Å². The lowest BCUT2D eigenvalue weighted by Gasteiger charge is -2.13. The normalized spacial score (nSPS) is 13.1. The average Bonchev–Trinajstić information content (AvgIpc) is 2.83. The van der Waals surface area contributed by atoms with Gasteiger partial charge in [-0.05, 0) is 36.8 Å². The first-order valence-electron chi connectivity index (χ1n) is 7.67. The molecule has 2 aromatic rings. The summed E-state index contributed by atoms with van der Waals surface area (Å²) in [4.78, 5) is 37.6. The molecular formula is C18H14Cl2N2O3. The summed E-state index contributed by atoms with van der Waals surface area (Å²) in [6.07, 6.45) is 0.548. The minimum absolute atomic E-state index is 0.174. The molecule has 7 heteroatoms. The molecule has 1 aliphatic rings. The number of halogens is 2. The SMILES string of the molecule is O=C(CCCN1C(=O)c2ccccc2C1=O)Nc1ccc(Cl)c(Cl)c1. The number of hydrogen-bond acceptors (Lipinski definition) is 3. The van der Waals surface area contributed by atoms with Crippen LogP contribution in [0.25, 0.3) is 0 Å². The van der Waals surface area contributed by atoms with E-state index in [1.165, 1.54) is 4.90 Å². The van der Waals surface area contributed by atoms with Crippen LogP contribution in [0.4, 0.5) is 5.69 Å². The number of nitrogens with one attached hydrogen (secondary N) is 1. The third-order valence-corrected chi connectivity index (χ3v) is 4.61. The number of benzene rings is 2. The van der Waals surface area contributed by atoms with Crippen molar-refractivity contribution < 1.29 is 14.4 Å². The van der Waals surface area contributed by atoms with Gasteiger partial charge < -0.3 is 5.32 Å². The molecular weight excluding hydrogens is 363 g/mol. The third-order valence-electron chi connectivity index (χ3n) is 3.87. The molecule has 25 heavy (non-hydrogen) atoms. The van der Waals surface area contributed by atoms with Gasteiger partial charge in [-0.2, -0.15) is 0 Å². The fourth-order valence-corrected chi connectivity index (χ4v) is 2.94. The maximum atomic E-state index is 12.2. The molecule has 0 atom stereocenters. The number of nitrogens with zero attached hydrogens (tertiary/aromatic N) is 1. The summed E-state index contributed by atoms with van der Waals surface area (Å²) in [5.74, 6) is -0.856. The molecule has 2 aromatic carbocycles. The summed E-state index contributed by atoms with van der Waals surface area (Å²) >= 11 is 11.7. The Balaban J connectivity index is 1.53. The van der Waals surface area contributed by atoms with Crippen molar-refractivity contribution in [1.82, 2.24) is 4.90 Å². The topological polar surface area (TPSA) is 66.5 Å². The summed E-state index contributed by atoms with van der Waals surface area (Å²) < 4.78 is 0. The molecule has 0 saturated carbocycles. The van der Waals surface area contributed by atoms with Crippen LogP contribution in [0.1, 0.15) is 33.6 Å². The zero-order chi connectivity index (χ0) is 18.0. The Hall–Kier alpha value is -2.37. The molecule has 0 radical (unpaired) electrons. The van der Waals surface area contributed by atoms with Crippen molar-refractivity contribution in [2.45, 2.75) is 12.8 Å². The fourth-order valence-electron chi connectivity index (χ4n) is 2.64. The van der Waals surface area contributed by atoms with Crippen molar-refractivity contribution in [3.8, 4) is 0 Å². The predicted octanol–water partition coefficient (Wildman–Crippen LogP) is 4.01. The smallest absolute Gasteiger partial charge is 0.261 e. The lowest BCUT2D eigenvalue weighted by molar-refractivity contribution is -0.116. The van der Waals surface area contributed by atoms with E-state index in [0.717, 1.165) is 0 Å². The van der Waals surface area contributed by atoms with Crippen LogP contribution in [0.2, 0.25) is 10.0 Å². The second kappa shape index (κ2) is 7.25. The minimum Gasteiger partial charge on any atom is -0.326 e. The van der Waals surface area contributed by atoms with Crippen molar-refractivity contribution in [2.75, 3.05) is 11.9 Å². The third kappa shape index (κ3) is 3.67. The fraction of sp³-hybridized carbons (Fsp3) is 0.167. The molecule has 0 aromatic heterocycles. The lowest BCUT2D eigenvalue weighted by atomic mass is 10.1. The van der Waals surface area contributed by atoms with Crippen molar-refractivity contribution in [1.29, 1.82) is 0 Å². The predicted molar refractivity (Wildman–Crippen MR) is 96.1 cm³/mol. The lowest BCUT2D eigenvalue weighted by Crippen LogP contribution is -2.31. The Morgan fingerprint density at radius 3 is 2.20 bits per heavy atom. The summed E-state index contributed by atoms with van der Waals surface area (Å²) in [5, 5.41) is 3.46. The van der Waals surface area contributed by atoms with Gasteiger partial charge in [0.2, 0.25) is 5.91 Å². The van der Waals surface area contributed by atoms with E-state index in [1.807, 2.05) is 0 Å². The highest BCUT2D eigenvalue weighted by Gasteiger charge is 2.34. The number of anilines is 1. The van der Waals surface area contributed by atoms with Gasteiger partial charge in [0.15, 0.2) is 0 Å². The molecule has 1 N–H and O–H groups in total. The van der Waals surface area contributed by atoms with Gasteiger partial charge in [0.05, 0.1) is 21.2 Å². The number of carbonyl (C=O) groups is 3. The number of carbonyl (C=O) groups excluding carboxylic acids is 3.